The monoisotopic (exact) mass is 224 g/mol. The lowest BCUT2D eigenvalue weighted by Gasteiger charge is -1.95. The highest BCUT2D eigenvalue weighted by Gasteiger charge is 2.14. The molecule has 84 valence electrons. The fraction of sp³-hybridized carbons (Fsp3) is 0.250. The molecule has 0 unspecified atom stereocenters. The van der Waals surface area contributed by atoms with Crippen molar-refractivity contribution < 1.29 is 9.53 Å². The molecule has 2 rings (SSSR count). The van der Waals surface area contributed by atoms with Crippen LogP contribution in [0, 0.1) is 0 Å². The number of nitrogens with one attached hydrogen (secondary N) is 3. The molecule has 0 aromatic carbocycles. The number of aromatic amines is 3. The summed E-state index contributed by atoms with van der Waals surface area (Å²) in [4.78, 5) is 44.0. The Balaban J connectivity index is 2.60. The molecule has 0 atom stereocenters. The van der Waals surface area contributed by atoms with Gasteiger partial charge >= 0.3 is 11.7 Å². The van der Waals surface area contributed by atoms with Gasteiger partial charge in [0.25, 0.3) is 5.56 Å². The Bertz CT molecular complexity index is 650. The van der Waals surface area contributed by atoms with Gasteiger partial charge < -0.3 is 9.72 Å². The van der Waals surface area contributed by atoms with E-state index < -0.39 is 17.2 Å². The molecule has 2 aromatic rings. The minimum absolute atomic E-state index is 0.0248. The summed E-state index contributed by atoms with van der Waals surface area (Å²) in [5.74, 6) is -0.803. The molecule has 0 bridgehead atoms. The van der Waals surface area contributed by atoms with E-state index in [1.807, 2.05) is 4.98 Å². The van der Waals surface area contributed by atoms with Gasteiger partial charge in [0.2, 0.25) is 5.82 Å². The minimum Gasteiger partial charge on any atom is -0.460 e. The standard InChI is InChI=1S/C8H8N4O4/c1-2-16-7(14)5-9-3-4(10-5)11-8(15)12-6(3)13/h2H2,1H3,(H3,9,10,11,12,13,15). The van der Waals surface area contributed by atoms with Gasteiger partial charge in [0.05, 0.1) is 6.61 Å². The molecule has 0 aliphatic carbocycles. The number of hydrogen-bond acceptors (Lipinski definition) is 5. The first-order chi connectivity index (χ1) is 7.61. The van der Waals surface area contributed by atoms with Gasteiger partial charge in [-0.3, -0.25) is 14.8 Å². The maximum Gasteiger partial charge on any atom is 0.374 e. The highest BCUT2D eigenvalue weighted by atomic mass is 16.5. The van der Waals surface area contributed by atoms with Crippen LogP contribution in [0.25, 0.3) is 11.2 Å². The van der Waals surface area contributed by atoms with E-state index in [1.54, 1.807) is 6.92 Å². The lowest BCUT2D eigenvalue weighted by atomic mass is 10.5. The topological polar surface area (TPSA) is 121 Å². The van der Waals surface area contributed by atoms with E-state index in [4.69, 9.17) is 4.74 Å². The lowest BCUT2D eigenvalue weighted by molar-refractivity contribution is 0.0513. The Morgan fingerprint density at radius 1 is 1.31 bits per heavy atom. The van der Waals surface area contributed by atoms with E-state index in [0.717, 1.165) is 0 Å². The molecule has 8 nitrogen and oxygen atoms in total. The van der Waals surface area contributed by atoms with Crippen LogP contribution in [0.5, 0.6) is 0 Å². The minimum atomic E-state index is -0.682. The molecule has 0 radical (unpaired) electrons. The summed E-state index contributed by atoms with van der Waals surface area (Å²) in [7, 11) is 0. The Morgan fingerprint density at radius 2 is 2.06 bits per heavy atom. The van der Waals surface area contributed by atoms with Crippen LogP contribution >= 0.6 is 0 Å². The molecule has 0 amide bonds. The Morgan fingerprint density at radius 3 is 2.75 bits per heavy atom. The van der Waals surface area contributed by atoms with Crippen molar-refractivity contribution in [3.63, 3.8) is 0 Å². The van der Waals surface area contributed by atoms with E-state index in [0.29, 0.717) is 0 Å². The number of imidazole rings is 1. The van der Waals surface area contributed by atoms with Crippen molar-refractivity contribution >= 4 is 17.1 Å². The van der Waals surface area contributed by atoms with Crippen LogP contribution in [-0.2, 0) is 4.74 Å². The van der Waals surface area contributed by atoms with Crippen LogP contribution in [0.4, 0.5) is 0 Å². The van der Waals surface area contributed by atoms with Crippen LogP contribution in [0.1, 0.15) is 17.5 Å². The number of aromatic nitrogens is 4. The van der Waals surface area contributed by atoms with E-state index >= 15 is 0 Å². The number of fused-ring (bicyclic) bond motifs is 1. The number of nitrogens with zero attached hydrogens (tertiary/aromatic N) is 1. The zero-order chi connectivity index (χ0) is 11.7. The average Bonchev–Trinajstić information content (AvgIpc) is 2.62. The van der Waals surface area contributed by atoms with Gasteiger partial charge in [-0.1, -0.05) is 0 Å². The first-order valence-electron chi connectivity index (χ1n) is 4.51. The van der Waals surface area contributed by atoms with Crippen molar-refractivity contribution in [1.82, 2.24) is 19.9 Å². The second-order valence-corrected chi connectivity index (χ2v) is 2.94. The molecule has 16 heavy (non-hydrogen) atoms. The van der Waals surface area contributed by atoms with E-state index in [9.17, 15) is 14.4 Å². The fourth-order valence-electron chi connectivity index (χ4n) is 1.23. The Kier molecular flexibility index (Phi) is 2.31. The molecule has 0 aliphatic rings. The highest BCUT2D eigenvalue weighted by molar-refractivity contribution is 5.88. The number of rotatable bonds is 2. The molecule has 8 heteroatoms. The maximum atomic E-state index is 11.3. The summed E-state index contributed by atoms with van der Waals surface area (Å²) in [6.07, 6.45) is 0. The molecule has 0 fully saturated rings. The lowest BCUT2D eigenvalue weighted by Crippen LogP contribution is -2.21. The smallest absolute Gasteiger partial charge is 0.374 e. The normalized spacial score (nSPS) is 10.6. The second kappa shape index (κ2) is 3.65. The number of esters is 1. The predicted molar refractivity (Wildman–Crippen MR) is 53.3 cm³/mol. The number of carbonyl (C=O) groups excluding carboxylic acids is 1. The van der Waals surface area contributed by atoms with Crippen molar-refractivity contribution in [2.75, 3.05) is 6.61 Å². The summed E-state index contributed by atoms with van der Waals surface area (Å²) in [5.41, 5.74) is -1.26. The number of ether oxygens (including phenoxy) is 1. The molecule has 3 N–H and O–H groups in total. The third kappa shape index (κ3) is 1.60. The average molecular weight is 224 g/mol. The van der Waals surface area contributed by atoms with Crippen LogP contribution in [-0.4, -0.2) is 32.5 Å². The summed E-state index contributed by atoms with van der Waals surface area (Å²) >= 11 is 0. The third-order valence-corrected chi connectivity index (χ3v) is 1.86. The summed E-state index contributed by atoms with van der Waals surface area (Å²) < 4.78 is 4.69. The molecule has 0 saturated heterocycles. The maximum absolute atomic E-state index is 11.3. The fourth-order valence-corrected chi connectivity index (χ4v) is 1.23. The molecular weight excluding hydrogens is 216 g/mol. The predicted octanol–water partition coefficient (Wildman–Crippen LogP) is -0.884. The van der Waals surface area contributed by atoms with Gasteiger partial charge in [-0.25, -0.2) is 14.6 Å². The molecule has 0 aliphatic heterocycles. The van der Waals surface area contributed by atoms with Gasteiger partial charge in [0.15, 0.2) is 5.65 Å². The Labute approximate surface area is 87.7 Å². The van der Waals surface area contributed by atoms with Crippen molar-refractivity contribution in [3.8, 4) is 0 Å². The second-order valence-electron chi connectivity index (χ2n) is 2.94. The summed E-state index contributed by atoms with van der Waals surface area (Å²) in [6.45, 7) is 1.85. The molecule has 2 heterocycles. The van der Waals surface area contributed by atoms with Crippen LogP contribution in [0.15, 0.2) is 9.59 Å². The molecule has 2 aromatic heterocycles. The van der Waals surface area contributed by atoms with Gasteiger partial charge in [-0.05, 0) is 6.92 Å². The van der Waals surface area contributed by atoms with Gasteiger partial charge in [-0.15, -0.1) is 0 Å². The van der Waals surface area contributed by atoms with Gasteiger partial charge in [0, 0.05) is 0 Å². The number of hydrogen-bond donors (Lipinski definition) is 3. The third-order valence-electron chi connectivity index (χ3n) is 1.86. The van der Waals surface area contributed by atoms with Crippen LogP contribution < -0.4 is 11.2 Å². The zero-order valence-corrected chi connectivity index (χ0v) is 8.29. The first kappa shape index (κ1) is 10.1. The highest BCUT2D eigenvalue weighted by Crippen LogP contribution is 2.02. The first-order valence-corrected chi connectivity index (χ1v) is 4.51. The van der Waals surface area contributed by atoms with E-state index in [1.165, 1.54) is 0 Å². The van der Waals surface area contributed by atoms with Crippen molar-refractivity contribution in [2.45, 2.75) is 6.92 Å². The molecule has 0 saturated carbocycles. The largest absolute Gasteiger partial charge is 0.460 e. The quantitative estimate of drug-likeness (QED) is 0.572. The zero-order valence-electron chi connectivity index (χ0n) is 8.29. The van der Waals surface area contributed by atoms with Crippen molar-refractivity contribution in [3.05, 3.63) is 26.7 Å². The molecular formula is C8H8N4O4. The van der Waals surface area contributed by atoms with E-state index in [-0.39, 0.29) is 23.6 Å². The van der Waals surface area contributed by atoms with Crippen LogP contribution in [0.3, 0.4) is 0 Å². The van der Waals surface area contributed by atoms with Gasteiger partial charge in [-0.2, -0.15) is 0 Å². The van der Waals surface area contributed by atoms with Crippen molar-refractivity contribution in [2.24, 2.45) is 0 Å². The Hall–Kier alpha value is -2.38. The SMILES string of the molecule is CCOC(=O)c1nc2[nH]c(=O)[nH]c(=O)c2[nH]1. The van der Waals surface area contributed by atoms with Crippen LogP contribution in [0.2, 0.25) is 0 Å². The summed E-state index contributed by atoms with van der Waals surface area (Å²) in [6, 6.07) is 0. The van der Waals surface area contributed by atoms with Gasteiger partial charge in [0.1, 0.15) is 5.52 Å². The molecule has 0 spiro atoms. The number of carbonyl (C=O) groups is 1. The van der Waals surface area contributed by atoms with E-state index in [2.05, 4.69) is 15.0 Å². The van der Waals surface area contributed by atoms with Crippen molar-refractivity contribution in [1.29, 1.82) is 0 Å². The summed E-state index contributed by atoms with van der Waals surface area (Å²) in [5, 5.41) is 0. The number of H-pyrrole nitrogens is 3.